The van der Waals surface area contributed by atoms with Crippen LogP contribution in [0.4, 0.5) is 13.2 Å². The van der Waals surface area contributed by atoms with Gasteiger partial charge in [-0.15, -0.1) is 0 Å². The summed E-state index contributed by atoms with van der Waals surface area (Å²) in [6, 6.07) is 22.5. The Morgan fingerprint density at radius 2 is 1.79 bits per heavy atom. The Kier molecular flexibility index (Phi) is 9.27. The second-order valence-corrected chi connectivity index (χ2v) is 11.1. The van der Waals surface area contributed by atoms with E-state index in [4.69, 9.17) is 4.74 Å². The zero-order valence-corrected chi connectivity index (χ0v) is 24.4. The van der Waals surface area contributed by atoms with E-state index in [2.05, 4.69) is 22.9 Å². The van der Waals surface area contributed by atoms with Crippen LogP contribution in [0, 0.1) is 18.3 Å². The lowest BCUT2D eigenvalue weighted by Gasteiger charge is -2.34. The molecular formula is C36H34F3N3O. The predicted octanol–water partition coefficient (Wildman–Crippen LogP) is 9.07. The zero-order chi connectivity index (χ0) is 30.4. The highest BCUT2D eigenvalue weighted by atomic mass is 19.4. The van der Waals surface area contributed by atoms with Crippen LogP contribution in [0.5, 0.6) is 5.75 Å². The van der Waals surface area contributed by atoms with Crippen molar-refractivity contribution in [3.63, 3.8) is 0 Å². The van der Waals surface area contributed by atoms with Crippen LogP contribution in [0.25, 0.3) is 23.3 Å². The van der Waals surface area contributed by atoms with Crippen LogP contribution in [-0.4, -0.2) is 22.5 Å². The van der Waals surface area contributed by atoms with Crippen molar-refractivity contribution >= 4 is 12.2 Å². The van der Waals surface area contributed by atoms with Gasteiger partial charge in [-0.1, -0.05) is 67.1 Å². The Labute approximate surface area is 251 Å². The fourth-order valence-corrected chi connectivity index (χ4v) is 5.63. The van der Waals surface area contributed by atoms with Crippen LogP contribution in [0.2, 0.25) is 0 Å². The van der Waals surface area contributed by atoms with Gasteiger partial charge < -0.3 is 4.74 Å². The van der Waals surface area contributed by atoms with Crippen LogP contribution in [0.15, 0.2) is 79.1 Å². The molecule has 7 heteroatoms. The smallest absolute Gasteiger partial charge is 0.417 e. The first-order chi connectivity index (χ1) is 20.7. The number of benzene rings is 3. The third-order valence-electron chi connectivity index (χ3n) is 8.07. The molecule has 0 N–H and O–H groups in total. The quantitative estimate of drug-likeness (QED) is 0.195. The maximum absolute atomic E-state index is 14.5. The molecule has 220 valence electrons. The molecule has 0 unspecified atom stereocenters. The number of nitrogens with zero attached hydrogens (tertiary/aromatic N) is 3. The van der Waals surface area contributed by atoms with E-state index < -0.39 is 11.7 Å². The van der Waals surface area contributed by atoms with Crippen molar-refractivity contribution in [3.8, 4) is 22.9 Å². The van der Waals surface area contributed by atoms with Crippen molar-refractivity contribution in [2.75, 3.05) is 6.54 Å². The van der Waals surface area contributed by atoms with Crippen LogP contribution in [-0.2, 0) is 19.3 Å². The molecule has 1 aliphatic heterocycles. The lowest BCUT2D eigenvalue weighted by Crippen LogP contribution is -2.36. The van der Waals surface area contributed by atoms with Gasteiger partial charge >= 0.3 is 6.18 Å². The van der Waals surface area contributed by atoms with Gasteiger partial charge in [0.2, 0.25) is 0 Å². The number of hydrogen-bond acceptors (Lipinski definition) is 4. The first-order valence-corrected chi connectivity index (χ1v) is 14.5. The Morgan fingerprint density at radius 3 is 2.53 bits per heavy atom. The molecule has 43 heavy (non-hydrogen) atoms. The number of piperidine rings is 1. The first kappa shape index (κ1) is 30.1. The first-order valence-electron chi connectivity index (χ1n) is 14.5. The van der Waals surface area contributed by atoms with Gasteiger partial charge in [-0.2, -0.15) is 18.4 Å². The molecule has 0 spiro atoms. The highest BCUT2D eigenvalue weighted by Crippen LogP contribution is 2.38. The third-order valence-corrected chi connectivity index (χ3v) is 8.07. The van der Waals surface area contributed by atoms with Gasteiger partial charge in [0.15, 0.2) is 0 Å². The standard InChI is InChI=1S/C36H34F3N3O/c1-25-9-6-7-16-42(25)23-32-18-34(36(37,38)39)31(19-35(32)43-24-28-17-27(20-40)21-41-22-28)15-14-29-12-8-13-33(26(29)2)30-10-4-3-5-11-30/h3-5,8,10-15,17-19,21-22,25H,6-7,9,16,23-24H2,1-2H3/b15-14+/t25-/m1/s1. The third kappa shape index (κ3) is 7.33. The molecule has 0 saturated carbocycles. The molecule has 5 rings (SSSR count). The molecule has 3 aromatic carbocycles. The molecule has 1 aliphatic rings. The van der Waals surface area contributed by atoms with Crippen LogP contribution in [0.1, 0.15) is 65.1 Å². The summed E-state index contributed by atoms with van der Waals surface area (Å²) in [7, 11) is 0. The maximum atomic E-state index is 14.5. The van der Waals surface area contributed by atoms with Gasteiger partial charge in [-0.3, -0.25) is 9.88 Å². The Morgan fingerprint density at radius 1 is 1.00 bits per heavy atom. The maximum Gasteiger partial charge on any atom is 0.417 e. The predicted molar refractivity (Wildman–Crippen MR) is 164 cm³/mol. The number of alkyl halides is 3. The molecule has 4 nitrogen and oxygen atoms in total. The number of hydrogen-bond donors (Lipinski definition) is 0. The Balaban J connectivity index is 1.54. The van der Waals surface area contributed by atoms with Crippen molar-refractivity contribution in [2.24, 2.45) is 0 Å². The zero-order valence-electron chi connectivity index (χ0n) is 24.4. The van der Waals surface area contributed by atoms with Gasteiger partial charge in [0, 0.05) is 36.1 Å². The van der Waals surface area contributed by atoms with Gasteiger partial charge in [0.05, 0.1) is 11.1 Å². The number of rotatable bonds is 8. The summed E-state index contributed by atoms with van der Waals surface area (Å²) in [6.07, 6.45) is 4.92. The summed E-state index contributed by atoms with van der Waals surface area (Å²) in [5.41, 5.74) is 4.79. The van der Waals surface area contributed by atoms with Crippen molar-refractivity contribution in [2.45, 2.75) is 58.5 Å². The average molecular weight is 582 g/mol. The summed E-state index contributed by atoms with van der Waals surface area (Å²) in [5.74, 6) is 0.391. The molecule has 1 fully saturated rings. The molecule has 2 heterocycles. The number of pyridine rings is 1. The molecule has 1 atom stereocenters. The second-order valence-electron chi connectivity index (χ2n) is 11.1. The second kappa shape index (κ2) is 13.3. The molecule has 4 aromatic rings. The fourth-order valence-electron chi connectivity index (χ4n) is 5.63. The minimum Gasteiger partial charge on any atom is -0.488 e. The SMILES string of the molecule is Cc1c(/C=C/c2cc(OCc3cncc(C#N)c3)c(CN3CCCC[C@H]3C)cc2C(F)(F)F)cccc1-c1ccccc1. The highest BCUT2D eigenvalue weighted by molar-refractivity contribution is 5.78. The van der Waals surface area contributed by atoms with Crippen molar-refractivity contribution in [1.82, 2.24) is 9.88 Å². The van der Waals surface area contributed by atoms with Gasteiger partial charge in [-0.25, -0.2) is 0 Å². The topological polar surface area (TPSA) is 49.1 Å². The van der Waals surface area contributed by atoms with Gasteiger partial charge in [0.25, 0.3) is 0 Å². The van der Waals surface area contributed by atoms with Crippen LogP contribution in [0.3, 0.4) is 0 Å². The lowest BCUT2D eigenvalue weighted by atomic mass is 9.95. The highest BCUT2D eigenvalue weighted by Gasteiger charge is 2.34. The van der Waals surface area contributed by atoms with E-state index in [0.29, 0.717) is 29.0 Å². The Bertz CT molecular complexity index is 1640. The van der Waals surface area contributed by atoms with E-state index in [1.807, 2.05) is 55.5 Å². The largest absolute Gasteiger partial charge is 0.488 e. The van der Waals surface area contributed by atoms with Crippen molar-refractivity contribution in [1.29, 1.82) is 5.26 Å². The monoisotopic (exact) mass is 581 g/mol. The van der Waals surface area contributed by atoms with E-state index in [-0.39, 0.29) is 18.2 Å². The van der Waals surface area contributed by atoms with E-state index in [1.165, 1.54) is 24.4 Å². The van der Waals surface area contributed by atoms with E-state index in [0.717, 1.165) is 48.1 Å². The number of likely N-dealkylation sites (tertiary alicyclic amines) is 1. The summed E-state index contributed by atoms with van der Waals surface area (Å²) in [5, 5.41) is 9.25. The molecule has 1 aromatic heterocycles. The van der Waals surface area contributed by atoms with Crippen molar-refractivity contribution < 1.29 is 17.9 Å². The van der Waals surface area contributed by atoms with Crippen LogP contribution >= 0.6 is 0 Å². The molecule has 1 saturated heterocycles. The van der Waals surface area contributed by atoms with E-state index >= 15 is 0 Å². The number of halogens is 3. The number of aromatic nitrogens is 1. The minimum atomic E-state index is -4.55. The normalized spacial score (nSPS) is 15.9. The minimum absolute atomic E-state index is 0.0337. The van der Waals surface area contributed by atoms with E-state index in [9.17, 15) is 18.4 Å². The molecule has 0 radical (unpaired) electrons. The fraction of sp³-hybridized carbons (Fsp3) is 0.278. The lowest BCUT2D eigenvalue weighted by molar-refractivity contribution is -0.137. The average Bonchev–Trinajstić information content (AvgIpc) is 3.01. The summed E-state index contributed by atoms with van der Waals surface area (Å²) < 4.78 is 49.7. The van der Waals surface area contributed by atoms with Gasteiger partial charge in [0.1, 0.15) is 18.4 Å². The number of nitriles is 1. The van der Waals surface area contributed by atoms with Crippen molar-refractivity contribution in [3.05, 3.63) is 118 Å². The summed E-state index contributed by atoms with van der Waals surface area (Å²) in [6.45, 7) is 5.37. The summed E-state index contributed by atoms with van der Waals surface area (Å²) in [4.78, 5) is 6.31. The molecule has 0 aliphatic carbocycles. The molecule has 0 amide bonds. The van der Waals surface area contributed by atoms with E-state index in [1.54, 1.807) is 18.3 Å². The van der Waals surface area contributed by atoms with Gasteiger partial charge in [-0.05, 0) is 79.3 Å². The molecule has 0 bridgehead atoms. The summed E-state index contributed by atoms with van der Waals surface area (Å²) >= 11 is 0. The number of ether oxygens (including phenoxy) is 1. The Hall–Kier alpha value is -4.41. The molecular weight excluding hydrogens is 547 g/mol. The van der Waals surface area contributed by atoms with Crippen LogP contribution < -0.4 is 4.74 Å².